The maximum atomic E-state index is 8.72. The van der Waals surface area contributed by atoms with Crippen LogP contribution in [0.2, 0.25) is 5.02 Å². The molecule has 2 aromatic rings. The maximum Gasteiger partial charge on any atom is 0.0991 e. The Kier molecular flexibility index (Phi) is 3.43. The van der Waals surface area contributed by atoms with Crippen LogP contribution in [0.5, 0.6) is 0 Å². The molecule has 0 aliphatic carbocycles. The number of nitriles is 1. The molecule has 0 aliphatic heterocycles. The highest BCUT2D eigenvalue weighted by molar-refractivity contribution is 6.30. The van der Waals surface area contributed by atoms with E-state index in [1.54, 1.807) is 12.1 Å². The highest BCUT2D eigenvalue weighted by Crippen LogP contribution is 2.21. The maximum absolute atomic E-state index is 8.72. The number of hydrogen-bond donors (Lipinski definition) is 1. The SMILES string of the molecule is N#Cc1ccc([C@@H](N)c2ccc(Cl)cc2)cc1. The van der Waals surface area contributed by atoms with Gasteiger partial charge in [-0.2, -0.15) is 5.26 Å². The third-order valence-electron chi connectivity index (χ3n) is 2.63. The molecule has 0 aliphatic rings. The molecule has 1 atom stereocenters. The Morgan fingerprint density at radius 2 is 1.41 bits per heavy atom. The van der Waals surface area contributed by atoms with Gasteiger partial charge in [0.25, 0.3) is 0 Å². The Morgan fingerprint density at radius 1 is 0.941 bits per heavy atom. The van der Waals surface area contributed by atoms with E-state index in [4.69, 9.17) is 22.6 Å². The molecule has 2 aromatic carbocycles. The first-order chi connectivity index (χ1) is 8.20. The van der Waals surface area contributed by atoms with E-state index in [1.807, 2.05) is 36.4 Å². The fraction of sp³-hybridized carbons (Fsp3) is 0.0714. The summed E-state index contributed by atoms with van der Waals surface area (Å²) < 4.78 is 0. The molecule has 0 radical (unpaired) electrons. The second kappa shape index (κ2) is 5.01. The second-order valence-electron chi connectivity index (χ2n) is 3.76. The molecule has 0 bridgehead atoms. The van der Waals surface area contributed by atoms with E-state index in [9.17, 15) is 0 Å². The van der Waals surface area contributed by atoms with Gasteiger partial charge in [0.15, 0.2) is 0 Å². The van der Waals surface area contributed by atoms with Crippen LogP contribution in [-0.2, 0) is 0 Å². The van der Waals surface area contributed by atoms with Crippen LogP contribution < -0.4 is 5.73 Å². The van der Waals surface area contributed by atoms with Crippen molar-refractivity contribution in [1.29, 1.82) is 5.26 Å². The quantitative estimate of drug-likeness (QED) is 0.879. The molecule has 3 heteroatoms. The topological polar surface area (TPSA) is 49.8 Å². The van der Waals surface area contributed by atoms with Gasteiger partial charge in [0, 0.05) is 5.02 Å². The Balaban J connectivity index is 2.27. The summed E-state index contributed by atoms with van der Waals surface area (Å²) in [5.74, 6) is 0. The smallest absolute Gasteiger partial charge is 0.0991 e. The Bertz CT molecular complexity index is 538. The third kappa shape index (κ3) is 2.65. The van der Waals surface area contributed by atoms with Crippen molar-refractivity contribution in [2.24, 2.45) is 5.73 Å². The normalized spacial score (nSPS) is 11.8. The fourth-order valence-corrected chi connectivity index (χ4v) is 1.75. The van der Waals surface area contributed by atoms with Crippen molar-refractivity contribution in [3.05, 3.63) is 70.2 Å². The van der Waals surface area contributed by atoms with Crippen LogP contribution in [-0.4, -0.2) is 0 Å². The fourth-order valence-electron chi connectivity index (χ4n) is 1.63. The summed E-state index contributed by atoms with van der Waals surface area (Å²) in [7, 11) is 0. The first kappa shape index (κ1) is 11.7. The average Bonchev–Trinajstić information content (AvgIpc) is 2.39. The molecule has 17 heavy (non-hydrogen) atoms. The van der Waals surface area contributed by atoms with Crippen molar-refractivity contribution in [2.75, 3.05) is 0 Å². The van der Waals surface area contributed by atoms with Gasteiger partial charge in [-0.1, -0.05) is 35.9 Å². The lowest BCUT2D eigenvalue weighted by atomic mass is 9.99. The number of benzene rings is 2. The van der Waals surface area contributed by atoms with E-state index >= 15 is 0 Å². The Hall–Kier alpha value is -1.82. The molecule has 2 N–H and O–H groups in total. The van der Waals surface area contributed by atoms with Crippen LogP contribution in [0, 0.1) is 11.3 Å². The van der Waals surface area contributed by atoms with Crippen molar-refractivity contribution in [1.82, 2.24) is 0 Å². The van der Waals surface area contributed by atoms with Gasteiger partial charge < -0.3 is 5.73 Å². The van der Waals surface area contributed by atoms with Crippen LogP contribution in [0.15, 0.2) is 48.5 Å². The molecule has 84 valence electrons. The number of hydrogen-bond acceptors (Lipinski definition) is 2. The minimum absolute atomic E-state index is 0.194. The summed E-state index contributed by atoms with van der Waals surface area (Å²) in [6, 6.07) is 16.6. The molecule has 0 saturated carbocycles. The van der Waals surface area contributed by atoms with Crippen molar-refractivity contribution in [3.63, 3.8) is 0 Å². The largest absolute Gasteiger partial charge is 0.320 e. The predicted molar refractivity (Wildman–Crippen MR) is 68.6 cm³/mol. The first-order valence-electron chi connectivity index (χ1n) is 5.22. The Labute approximate surface area is 105 Å². The van der Waals surface area contributed by atoms with Crippen LogP contribution >= 0.6 is 11.6 Å². The zero-order valence-corrected chi connectivity index (χ0v) is 9.85. The van der Waals surface area contributed by atoms with E-state index in [0.717, 1.165) is 11.1 Å². The van der Waals surface area contributed by atoms with E-state index in [-0.39, 0.29) is 6.04 Å². The van der Waals surface area contributed by atoms with E-state index in [1.165, 1.54) is 0 Å². The first-order valence-corrected chi connectivity index (χ1v) is 5.59. The minimum Gasteiger partial charge on any atom is -0.320 e. The number of nitrogens with zero attached hydrogens (tertiary/aromatic N) is 1. The molecule has 0 amide bonds. The van der Waals surface area contributed by atoms with Crippen LogP contribution in [0.3, 0.4) is 0 Å². The van der Waals surface area contributed by atoms with E-state index < -0.39 is 0 Å². The summed E-state index contributed by atoms with van der Waals surface area (Å²) >= 11 is 5.83. The lowest BCUT2D eigenvalue weighted by Crippen LogP contribution is -2.11. The summed E-state index contributed by atoms with van der Waals surface area (Å²) in [4.78, 5) is 0. The van der Waals surface area contributed by atoms with Crippen LogP contribution in [0.25, 0.3) is 0 Å². The standard InChI is InChI=1S/C14H11ClN2/c15-13-7-5-12(6-8-13)14(17)11-3-1-10(9-16)2-4-11/h1-8,14H,17H2/t14-/m1/s1. The number of rotatable bonds is 2. The molecule has 0 fully saturated rings. The van der Waals surface area contributed by atoms with Gasteiger partial charge >= 0.3 is 0 Å². The molecule has 0 heterocycles. The van der Waals surface area contributed by atoms with Gasteiger partial charge in [-0.05, 0) is 35.4 Å². The Morgan fingerprint density at radius 3 is 1.88 bits per heavy atom. The minimum atomic E-state index is -0.194. The molecular formula is C14H11ClN2. The third-order valence-corrected chi connectivity index (χ3v) is 2.88. The summed E-state index contributed by atoms with van der Waals surface area (Å²) in [6.45, 7) is 0. The van der Waals surface area contributed by atoms with E-state index in [2.05, 4.69) is 6.07 Å². The van der Waals surface area contributed by atoms with Crippen LogP contribution in [0.4, 0.5) is 0 Å². The van der Waals surface area contributed by atoms with Crippen molar-refractivity contribution in [2.45, 2.75) is 6.04 Å². The predicted octanol–water partition coefficient (Wildman–Crippen LogP) is 3.26. The highest BCUT2D eigenvalue weighted by atomic mass is 35.5. The monoisotopic (exact) mass is 242 g/mol. The molecule has 0 saturated heterocycles. The van der Waals surface area contributed by atoms with Crippen molar-refractivity contribution >= 4 is 11.6 Å². The lowest BCUT2D eigenvalue weighted by molar-refractivity contribution is 0.871. The summed E-state index contributed by atoms with van der Waals surface area (Å²) in [5, 5.41) is 9.41. The molecule has 0 unspecified atom stereocenters. The van der Waals surface area contributed by atoms with Crippen molar-refractivity contribution in [3.8, 4) is 6.07 Å². The van der Waals surface area contributed by atoms with Gasteiger partial charge in [-0.15, -0.1) is 0 Å². The second-order valence-corrected chi connectivity index (χ2v) is 4.20. The zero-order valence-electron chi connectivity index (χ0n) is 9.10. The van der Waals surface area contributed by atoms with Gasteiger partial charge in [-0.3, -0.25) is 0 Å². The van der Waals surface area contributed by atoms with E-state index in [0.29, 0.717) is 10.6 Å². The molecular weight excluding hydrogens is 232 g/mol. The molecule has 0 aromatic heterocycles. The van der Waals surface area contributed by atoms with Gasteiger partial charge in [0.2, 0.25) is 0 Å². The zero-order chi connectivity index (χ0) is 12.3. The summed E-state index contributed by atoms with van der Waals surface area (Å²) in [6.07, 6.45) is 0. The van der Waals surface area contributed by atoms with Gasteiger partial charge in [0.1, 0.15) is 0 Å². The molecule has 0 spiro atoms. The van der Waals surface area contributed by atoms with Gasteiger partial charge in [-0.25, -0.2) is 0 Å². The average molecular weight is 243 g/mol. The molecule has 2 nitrogen and oxygen atoms in total. The molecule has 2 rings (SSSR count). The van der Waals surface area contributed by atoms with Gasteiger partial charge in [0.05, 0.1) is 17.7 Å². The summed E-state index contributed by atoms with van der Waals surface area (Å²) in [5.41, 5.74) is 8.75. The highest BCUT2D eigenvalue weighted by Gasteiger charge is 2.08. The lowest BCUT2D eigenvalue weighted by Gasteiger charge is -2.12. The number of halogens is 1. The number of nitrogens with two attached hydrogens (primary N) is 1. The van der Waals surface area contributed by atoms with Crippen molar-refractivity contribution < 1.29 is 0 Å². The van der Waals surface area contributed by atoms with Crippen LogP contribution in [0.1, 0.15) is 22.7 Å².